The molecule has 56 valence electrons. The maximum absolute atomic E-state index is 10.3. The zero-order chi connectivity index (χ0) is 7.72. The molecule has 0 aromatic carbocycles. The van der Waals surface area contributed by atoms with Gasteiger partial charge in [0.2, 0.25) is 0 Å². The Morgan fingerprint density at radius 3 is 2.60 bits per heavy atom. The summed E-state index contributed by atoms with van der Waals surface area (Å²) in [6.45, 7) is 0. The Morgan fingerprint density at radius 2 is 2.40 bits per heavy atom. The van der Waals surface area contributed by atoms with Gasteiger partial charge >= 0.3 is 5.97 Å². The van der Waals surface area contributed by atoms with E-state index in [1.807, 2.05) is 0 Å². The van der Waals surface area contributed by atoms with Crippen molar-refractivity contribution in [2.45, 2.75) is 0 Å². The van der Waals surface area contributed by atoms with Crippen LogP contribution < -0.4 is 11.0 Å². The number of hydrazine groups is 2. The van der Waals surface area contributed by atoms with Gasteiger partial charge in [0.05, 0.1) is 0 Å². The number of carboxylic acids is 1. The van der Waals surface area contributed by atoms with Crippen LogP contribution in [0.2, 0.25) is 0 Å². The lowest BCUT2D eigenvalue weighted by Crippen LogP contribution is -2.35. The van der Waals surface area contributed by atoms with Crippen molar-refractivity contribution in [1.82, 2.24) is 16.0 Å². The second-order valence-corrected chi connectivity index (χ2v) is 2.12. The monoisotopic (exact) mass is 163 g/mol. The molecule has 1 aliphatic rings. The van der Waals surface area contributed by atoms with Crippen LogP contribution in [0.1, 0.15) is 0 Å². The highest BCUT2D eigenvalue weighted by molar-refractivity contribution is 6.31. The number of hydrogen-bond donors (Lipinski definition) is 3. The minimum absolute atomic E-state index is 0.0378. The van der Waals surface area contributed by atoms with Crippen molar-refractivity contribution in [3.05, 3.63) is 10.9 Å². The first kappa shape index (κ1) is 7.17. The third-order valence-electron chi connectivity index (χ3n) is 1.06. The zero-order valence-corrected chi connectivity index (χ0v) is 5.94. The standard InChI is InChI=1S/C4H6ClN3O2/c1-8-3(5)2(4(9)10)6-7-8/h6-7H,1H3,(H,9,10). The molecule has 0 saturated heterocycles. The first-order valence-electron chi connectivity index (χ1n) is 2.51. The molecule has 0 spiro atoms. The second kappa shape index (κ2) is 2.36. The van der Waals surface area contributed by atoms with Crippen molar-refractivity contribution < 1.29 is 9.90 Å². The Morgan fingerprint density at radius 1 is 1.80 bits per heavy atom. The van der Waals surface area contributed by atoms with E-state index in [1.165, 1.54) is 5.01 Å². The van der Waals surface area contributed by atoms with Crippen LogP contribution in [0.15, 0.2) is 10.9 Å². The van der Waals surface area contributed by atoms with Crippen LogP contribution in [0, 0.1) is 0 Å². The maximum Gasteiger partial charge on any atom is 0.356 e. The third kappa shape index (κ3) is 1.01. The van der Waals surface area contributed by atoms with Gasteiger partial charge < -0.3 is 5.11 Å². The van der Waals surface area contributed by atoms with E-state index in [2.05, 4.69) is 11.0 Å². The summed E-state index contributed by atoms with van der Waals surface area (Å²) in [7, 11) is 1.60. The summed E-state index contributed by atoms with van der Waals surface area (Å²) in [6, 6.07) is 0. The summed E-state index contributed by atoms with van der Waals surface area (Å²) in [6.07, 6.45) is 0. The van der Waals surface area contributed by atoms with Gasteiger partial charge in [-0.1, -0.05) is 11.6 Å². The molecule has 0 aromatic rings. The molecule has 1 rings (SSSR count). The molecule has 0 aliphatic carbocycles. The number of halogens is 1. The molecule has 0 atom stereocenters. The SMILES string of the molecule is CN1NNC(C(=O)O)=C1Cl. The van der Waals surface area contributed by atoms with E-state index < -0.39 is 5.97 Å². The highest BCUT2D eigenvalue weighted by Gasteiger charge is 2.21. The first-order valence-corrected chi connectivity index (χ1v) is 2.89. The predicted octanol–water partition coefficient (Wildman–Crippen LogP) is -0.567. The topological polar surface area (TPSA) is 64.6 Å². The molecule has 6 heteroatoms. The molecule has 3 N–H and O–H groups in total. The number of nitrogens with one attached hydrogen (secondary N) is 2. The lowest BCUT2D eigenvalue weighted by atomic mass is 10.5. The van der Waals surface area contributed by atoms with Gasteiger partial charge in [0.25, 0.3) is 0 Å². The van der Waals surface area contributed by atoms with Crippen molar-refractivity contribution in [2.75, 3.05) is 7.05 Å². The van der Waals surface area contributed by atoms with E-state index in [9.17, 15) is 4.79 Å². The molecule has 0 aromatic heterocycles. The summed E-state index contributed by atoms with van der Waals surface area (Å²) in [4.78, 5) is 10.3. The number of hydrogen-bond acceptors (Lipinski definition) is 4. The molecule has 0 bridgehead atoms. The number of carbonyl (C=O) groups is 1. The van der Waals surface area contributed by atoms with E-state index in [-0.39, 0.29) is 10.9 Å². The fraction of sp³-hybridized carbons (Fsp3) is 0.250. The van der Waals surface area contributed by atoms with Crippen LogP contribution in [-0.2, 0) is 4.79 Å². The Labute approximate surface area is 62.2 Å². The van der Waals surface area contributed by atoms with Crippen LogP contribution in [0.5, 0.6) is 0 Å². The van der Waals surface area contributed by atoms with Gasteiger partial charge in [0.15, 0.2) is 10.9 Å². The van der Waals surface area contributed by atoms with E-state index in [4.69, 9.17) is 16.7 Å². The summed E-state index contributed by atoms with van der Waals surface area (Å²) in [5.74, 6) is -1.08. The molecule has 0 fully saturated rings. The van der Waals surface area contributed by atoms with Crippen LogP contribution in [0.25, 0.3) is 0 Å². The van der Waals surface area contributed by atoms with E-state index in [0.29, 0.717) is 0 Å². The average molecular weight is 164 g/mol. The van der Waals surface area contributed by atoms with E-state index in [0.717, 1.165) is 0 Å². The Bertz CT molecular complexity index is 203. The number of aliphatic carboxylic acids is 1. The van der Waals surface area contributed by atoms with Gasteiger partial charge in [-0.25, -0.2) is 4.79 Å². The van der Waals surface area contributed by atoms with Gasteiger partial charge in [-0.05, 0) is 0 Å². The van der Waals surface area contributed by atoms with Crippen LogP contribution in [-0.4, -0.2) is 23.1 Å². The van der Waals surface area contributed by atoms with Crippen molar-refractivity contribution in [1.29, 1.82) is 0 Å². The fourth-order valence-electron chi connectivity index (χ4n) is 0.550. The Hall–Kier alpha value is -0.940. The van der Waals surface area contributed by atoms with Crippen molar-refractivity contribution in [3.8, 4) is 0 Å². The number of nitrogens with zero attached hydrogens (tertiary/aromatic N) is 1. The first-order chi connectivity index (χ1) is 4.63. The zero-order valence-electron chi connectivity index (χ0n) is 5.18. The fourth-order valence-corrected chi connectivity index (χ4v) is 0.720. The van der Waals surface area contributed by atoms with Crippen molar-refractivity contribution in [2.24, 2.45) is 0 Å². The van der Waals surface area contributed by atoms with Gasteiger partial charge in [0.1, 0.15) is 0 Å². The van der Waals surface area contributed by atoms with Gasteiger partial charge in [-0.3, -0.25) is 10.4 Å². The Balaban J connectivity index is 2.85. The summed E-state index contributed by atoms with van der Waals surface area (Å²) in [5.41, 5.74) is 4.84. The largest absolute Gasteiger partial charge is 0.476 e. The molecule has 0 radical (unpaired) electrons. The summed E-state index contributed by atoms with van der Waals surface area (Å²) in [5, 5.41) is 9.94. The summed E-state index contributed by atoms with van der Waals surface area (Å²) >= 11 is 5.52. The smallest absolute Gasteiger partial charge is 0.356 e. The number of carboxylic acid groups (broad SMARTS) is 1. The quantitative estimate of drug-likeness (QED) is 0.452. The molecular weight excluding hydrogens is 158 g/mol. The molecular formula is C4H6ClN3O2. The van der Waals surface area contributed by atoms with Crippen LogP contribution in [0.3, 0.4) is 0 Å². The van der Waals surface area contributed by atoms with Crippen LogP contribution >= 0.6 is 11.6 Å². The minimum atomic E-state index is -1.08. The van der Waals surface area contributed by atoms with E-state index >= 15 is 0 Å². The molecule has 5 nitrogen and oxygen atoms in total. The lowest BCUT2D eigenvalue weighted by molar-refractivity contribution is -0.133. The highest BCUT2D eigenvalue weighted by atomic mass is 35.5. The molecule has 0 unspecified atom stereocenters. The van der Waals surface area contributed by atoms with Crippen molar-refractivity contribution >= 4 is 17.6 Å². The normalized spacial score (nSPS) is 17.6. The van der Waals surface area contributed by atoms with E-state index in [1.54, 1.807) is 7.05 Å². The minimum Gasteiger partial charge on any atom is -0.476 e. The molecule has 0 saturated carbocycles. The Kier molecular flexibility index (Phi) is 1.69. The highest BCUT2D eigenvalue weighted by Crippen LogP contribution is 2.13. The third-order valence-corrected chi connectivity index (χ3v) is 1.51. The lowest BCUT2D eigenvalue weighted by Gasteiger charge is -2.07. The average Bonchev–Trinajstić information content (AvgIpc) is 2.14. The molecule has 1 heterocycles. The van der Waals surface area contributed by atoms with Gasteiger partial charge in [0, 0.05) is 7.05 Å². The molecule has 1 aliphatic heterocycles. The van der Waals surface area contributed by atoms with Gasteiger partial charge in [-0.15, -0.1) is 5.53 Å². The number of rotatable bonds is 1. The molecule has 0 amide bonds. The van der Waals surface area contributed by atoms with Crippen LogP contribution in [0.4, 0.5) is 0 Å². The van der Waals surface area contributed by atoms with Gasteiger partial charge in [-0.2, -0.15) is 0 Å². The predicted molar refractivity (Wildman–Crippen MR) is 34.5 cm³/mol. The maximum atomic E-state index is 10.3. The summed E-state index contributed by atoms with van der Waals surface area (Å²) < 4.78 is 0. The second-order valence-electron chi connectivity index (χ2n) is 1.77. The molecule has 10 heavy (non-hydrogen) atoms. The van der Waals surface area contributed by atoms with Crippen molar-refractivity contribution in [3.63, 3.8) is 0 Å².